The van der Waals surface area contributed by atoms with Gasteiger partial charge in [0.05, 0.1) is 11.5 Å². The summed E-state index contributed by atoms with van der Waals surface area (Å²) in [5, 5.41) is 0. The number of benzene rings is 1. The molecule has 1 unspecified atom stereocenters. The minimum atomic E-state index is -0.149. The van der Waals surface area contributed by atoms with Gasteiger partial charge in [-0.1, -0.05) is 6.07 Å². The molecule has 1 saturated carbocycles. The van der Waals surface area contributed by atoms with Gasteiger partial charge in [-0.3, -0.25) is 4.79 Å². The fraction of sp³-hybridized carbons (Fsp3) is 0.360. The zero-order valence-corrected chi connectivity index (χ0v) is 19.0. The predicted octanol–water partition coefficient (Wildman–Crippen LogP) is 4.14. The summed E-state index contributed by atoms with van der Waals surface area (Å²) < 4.78 is 2.06. The lowest BCUT2D eigenvalue weighted by atomic mass is 9.99. The molecule has 1 aliphatic carbocycles. The average molecular weight is 440 g/mol. The molecule has 4 heterocycles. The van der Waals surface area contributed by atoms with E-state index in [1.165, 1.54) is 12.8 Å². The van der Waals surface area contributed by atoms with Crippen molar-refractivity contribution >= 4 is 22.8 Å². The summed E-state index contributed by atoms with van der Waals surface area (Å²) in [4.78, 5) is 37.6. The number of imidazole rings is 1. The number of rotatable bonds is 5. The molecule has 4 aromatic rings. The second kappa shape index (κ2) is 7.43. The summed E-state index contributed by atoms with van der Waals surface area (Å²) in [7, 11) is 0. The Kier molecular flexibility index (Phi) is 4.50. The monoisotopic (exact) mass is 439 g/mol. The largest absolute Gasteiger partial charge is 0.311 e. The number of carbonyl (C=O) groups excluding carboxylic acids is 1. The highest BCUT2D eigenvalue weighted by Gasteiger charge is 2.37. The van der Waals surface area contributed by atoms with E-state index in [-0.39, 0.29) is 11.8 Å². The van der Waals surface area contributed by atoms with Gasteiger partial charge < -0.3 is 9.47 Å². The second-order valence-electron chi connectivity index (χ2n) is 8.98. The normalized spacial score (nSPS) is 17.7. The molecule has 8 nitrogen and oxygen atoms in total. The number of anilines is 1. The number of amides is 1. The quantitative estimate of drug-likeness (QED) is 0.464. The third kappa shape index (κ3) is 3.20. The van der Waals surface area contributed by atoms with Gasteiger partial charge in [0.25, 0.3) is 0 Å². The third-order valence-electron chi connectivity index (χ3n) is 6.72. The highest BCUT2D eigenvalue weighted by Crippen LogP contribution is 2.42. The van der Waals surface area contributed by atoms with Crippen LogP contribution in [0.1, 0.15) is 44.0 Å². The highest BCUT2D eigenvalue weighted by atomic mass is 16.2. The molecule has 8 heteroatoms. The highest BCUT2D eigenvalue weighted by molar-refractivity contribution is 6.05. The lowest BCUT2D eigenvalue weighted by molar-refractivity contribution is -0.119. The van der Waals surface area contributed by atoms with Crippen LogP contribution in [0.15, 0.2) is 36.9 Å². The number of aromatic nitrogens is 6. The van der Waals surface area contributed by atoms with Crippen LogP contribution in [0.25, 0.3) is 33.8 Å². The Morgan fingerprint density at radius 3 is 2.58 bits per heavy atom. The third-order valence-corrected chi connectivity index (χ3v) is 6.72. The van der Waals surface area contributed by atoms with E-state index in [1.807, 2.05) is 24.8 Å². The Balaban J connectivity index is 1.47. The Bertz CT molecular complexity index is 1390. The maximum absolute atomic E-state index is 12.9. The minimum absolute atomic E-state index is 0.149. The molecule has 0 N–H and O–H groups in total. The second-order valence-corrected chi connectivity index (χ2v) is 8.98. The van der Waals surface area contributed by atoms with Crippen LogP contribution in [0.3, 0.4) is 0 Å². The molecule has 1 amide bonds. The first-order chi connectivity index (χ1) is 16.0. The Morgan fingerprint density at radius 1 is 1.06 bits per heavy atom. The number of hydrogen-bond donors (Lipinski definition) is 0. The van der Waals surface area contributed by atoms with Crippen molar-refractivity contribution in [3.63, 3.8) is 0 Å². The van der Waals surface area contributed by atoms with Crippen LogP contribution in [0, 0.1) is 12.8 Å². The summed E-state index contributed by atoms with van der Waals surface area (Å²) >= 11 is 0. The van der Waals surface area contributed by atoms with Crippen molar-refractivity contribution in [2.45, 2.75) is 46.1 Å². The van der Waals surface area contributed by atoms with Gasteiger partial charge in [0.1, 0.15) is 29.2 Å². The van der Waals surface area contributed by atoms with E-state index >= 15 is 0 Å². The van der Waals surface area contributed by atoms with Crippen molar-refractivity contribution in [1.29, 1.82) is 0 Å². The number of hydrogen-bond acceptors (Lipinski definition) is 6. The van der Waals surface area contributed by atoms with E-state index < -0.39 is 0 Å². The van der Waals surface area contributed by atoms with E-state index in [2.05, 4.69) is 43.6 Å². The van der Waals surface area contributed by atoms with Crippen LogP contribution in [0.4, 0.5) is 5.69 Å². The molecule has 0 bridgehead atoms. The number of aryl methyl sites for hydroxylation is 2. The maximum atomic E-state index is 12.9. The van der Waals surface area contributed by atoms with Crippen LogP contribution < -0.4 is 4.90 Å². The smallest absolute Gasteiger partial charge is 0.234 e. The molecule has 0 spiro atoms. The van der Waals surface area contributed by atoms with E-state index in [1.54, 1.807) is 18.7 Å². The molecule has 2 aliphatic rings. The van der Waals surface area contributed by atoms with E-state index in [0.29, 0.717) is 12.5 Å². The fourth-order valence-electron chi connectivity index (χ4n) is 4.70. The molecular weight excluding hydrogens is 414 g/mol. The first-order valence-corrected chi connectivity index (χ1v) is 11.5. The summed E-state index contributed by atoms with van der Waals surface area (Å²) in [6.45, 7) is 7.47. The maximum Gasteiger partial charge on any atom is 0.234 e. The van der Waals surface area contributed by atoms with Crippen molar-refractivity contribution in [2.75, 3.05) is 11.4 Å². The van der Waals surface area contributed by atoms with E-state index in [0.717, 1.165) is 57.4 Å². The van der Waals surface area contributed by atoms with Gasteiger partial charge in [-0.25, -0.2) is 24.9 Å². The standard InChI is InChI=1S/C25H25N7O/c1-4-31-23(18-10-26-15(3)27-11-18)30-22-21(28-13-29-24(22)31)17-7-8-20-19(9-17)14(2)25(33)32(20)12-16-5-6-16/h7-11,13-14,16H,4-6,12H2,1-3H3. The predicted molar refractivity (Wildman–Crippen MR) is 126 cm³/mol. The van der Waals surface area contributed by atoms with Gasteiger partial charge in [-0.15, -0.1) is 0 Å². The van der Waals surface area contributed by atoms with Gasteiger partial charge in [0.2, 0.25) is 5.91 Å². The molecule has 1 aromatic carbocycles. The van der Waals surface area contributed by atoms with Crippen molar-refractivity contribution in [3.8, 4) is 22.6 Å². The Morgan fingerprint density at radius 2 is 1.85 bits per heavy atom. The van der Waals surface area contributed by atoms with Gasteiger partial charge >= 0.3 is 0 Å². The molecule has 6 rings (SSSR count). The van der Waals surface area contributed by atoms with Crippen LogP contribution in [-0.2, 0) is 11.3 Å². The van der Waals surface area contributed by atoms with E-state index in [9.17, 15) is 4.79 Å². The number of fused-ring (bicyclic) bond motifs is 2. The SMILES string of the molecule is CCn1c(-c2cnc(C)nc2)nc2c(-c3ccc4c(c3)C(C)C(=O)N4CC3CC3)ncnc21. The Labute approximate surface area is 191 Å². The topological polar surface area (TPSA) is 89.7 Å². The van der Waals surface area contributed by atoms with Crippen molar-refractivity contribution in [1.82, 2.24) is 29.5 Å². The van der Waals surface area contributed by atoms with Crippen molar-refractivity contribution < 1.29 is 4.79 Å². The van der Waals surface area contributed by atoms with E-state index in [4.69, 9.17) is 4.98 Å². The lowest BCUT2D eigenvalue weighted by Gasteiger charge is -2.17. The van der Waals surface area contributed by atoms with Gasteiger partial charge in [-0.05, 0) is 57.2 Å². The summed E-state index contributed by atoms with van der Waals surface area (Å²) in [5.74, 6) is 2.18. The molecule has 1 atom stereocenters. The van der Waals surface area contributed by atoms with Gasteiger partial charge in [0, 0.05) is 36.7 Å². The van der Waals surface area contributed by atoms with Gasteiger partial charge in [-0.2, -0.15) is 0 Å². The first-order valence-electron chi connectivity index (χ1n) is 11.5. The summed E-state index contributed by atoms with van der Waals surface area (Å²) in [6.07, 6.45) is 7.61. The Hall–Kier alpha value is -3.68. The molecule has 166 valence electrons. The number of nitrogens with zero attached hydrogens (tertiary/aromatic N) is 7. The zero-order chi connectivity index (χ0) is 22.7. The number of carbonyl (C=O) groups is 1. The molecule has 1 fully saturated rings. The first kappa shape index (κ1) is 20.0. The van der Waals surface area contributed by atoms with Crippen molar-refractivity contribution in [2.24, 2.45) is 5.92 Å². The molecule has 0 saturated heterocycles. The average Bonchev–Trinajstić information content (AvgIpc) is 3.53. The van der Waals surface area contributed by atoms with Crippen LogP contribution >= 0.6 is 0 Å². The molecule has 33 heavy (non-hydrogen) atoms. The van der Waals surface area contributed by atoms with Gasteiger partial charge in [0.15, 0.2) is 5.65 Å². The molecule has 0 radical (unpaired) electrons. The van der Waals surface area contributed by atoms with Crippen LogP contribution in [-0.4, -0.2) is 41.9 Å². The zero-order valence-electron chi connectivity index (χ0n) is 19.0. The summed E-state index contributed by atoms with van der Waals surface area (Å²) in [6, 6.07) is 6.21. The summed E-state index contributed by atoms with van der Waals surface area (Å²) in [5.41, 5.74) is 6.16. The fourth-order valence-corrected chi connectivity index (χ4v) is 4.70. The minimum Gasteiger partial charge on any atom is -0.311 e. The van der Waals surface area contributed by atoms with Crippen molar-refractivity contribution in [3.05, 3.63) is 48.3 Å². The molecule has 1 aliphatic heterocycles. The lowest BCUT2D eigenvalue weighted by Crippen LogP contribution is -2.30. The molecule has 3 aromatic heterocycles. The van der Waals surface area contributed by atoms with Crippen LogP contribution in [0.5, 0.6) is 0 Å². The van der Waals surface area contributed by atoms with Crippen LogP contribution in [0.2, 0.25) is 0 Å². The molecular formula is C25H25N7O.